The molecule has 0 radical (unpaired) electrons. The predicted molar refractivity (Wildman–Crippen MR) is 59.4 cm³/mol. The minimum atomic E-state index is -4.24. The Bertz CT molecular complexity index is 362. The molecule has 0 aliphatic carbocycles. The fraction of sp³-hybridized carbons (Fsp3) is 0.667. The van der Waals surface area contributed by atoms with Crippen molar-refractivity contribution in [2.75, 3.05) is 5.75 Å². The van der Waals surface area contributed by atoms with Crippen molar-refractivity contribution < 1.29 is 22.5 Å². The SMILES string of the molecule is C=C(C)C(=O)OC(CS(=O)(=O)O)C(N)CC. The van der Waals surface area contributed by atoms with Crippen LogP contribution < -0.4 is 5.73 Å². The molecule has 6 nitrogen and oxygen atoms in total. The molecule has 0 saturated heterocycles. The van der Waals surface area contributed by atoms with Crippen LogP contribution in [0.5, 0.6) is 0 Å². The van der Waals surface area contributed by atoms with E-state index in [0.717, 1.165) is 0 Å². The fourth-order valence-corrected chi connectivity index (χ4v) is 1.68. The van der Waals surface area contributed by atoms with Gasteiger partial charge in [0.05, 0.1) is 0 Å². The van der Waals surface area contributed by atoms with Crippen LogP contribution in [0.15, 0.2) is 12.2 Å². The molecular formula is C9H17NO5S. The van der Waals surface area contributed by atoms with E-state index in [4.69, 9.17) is 15.0 Å². The number of hydrogen-bond acceptors (Lipinski definition) is 5. The van der Waals surface area contributed by atoms with E-state index in [0.29, 0.717) is 6.42 Å². The smallest absolute Gasteiger partial charge is 0.333 e. The highest BCUT2D eigenvalue weighted by molar-refractivity contribution is 7.85. The van der Waals surface area contributed by atoms with E-state index in [1.54, 1.807) is 6.92 Å². The topological polar surface area (TPSA) is 107 Å². The third-order valence-corrected chi connectivity index (χ3v) is 2.68. The van der Waals surface area contributed by atoms with E-state index < -0.39 is 34.0 Å². The Balaban J connectivity index is 4.69. The Morgan fingerprint density at radius 1 is 1.56 bits per heavy atom. The van der Waals surface area contributed by atoms with Crippen LogP contribution in [0.2, 0.25) is 0 Å². The quantitative estimate of drug-likeness (QED) is 0.394. The van der Waals surface area contributed by atoms with Crippen molar-refractivity contribution in [1.82, 2.24) is 0 Å². The summed E-state index contributed by atoms with van der Waals surface area (Å²) in [6, 6.07) is -0.648. The molecule has 0 fully saturated rings. The molecule has 0 aromatic carbocycles. The van der Waals surface area contributed by atoms with Gasteiger partial charge < -0.3 is 10.5 Å². The molecule has 0 saturated carbocycles. The Morgan fingerprint density at radius 3 is 2.38 bits per heavy atom. The minimum absolute atomic E-state index is 0.142. The first kappa shape index (κ1) is 15.1. The normalized spacial score (nSPS) is 15.2. The van der Waals surface area contributed by atoms with Gasteiger partial charge in [-0.05, 0) is 13.3 Å². The number of rotatable bonds is 6. The molecule has 0 aromatic heterocycles. The van der Waals surface area contributed by atoms with Gasteiger partial charge in [-0.15, -0.1) is 0 Å². The molecular weight excluding hydrogens is 234 g/mol. The van der Waals surface area contributed by atoms with Gasteiger partial charge in [-0.25, -0.2) is 4.79 Å². The van der Waals surface area contributed by atoms with Crippen LogP contribution in [-0.4, -0.2) is 36.8 Å². The minimum Gasteiger partial charge on any atom is -0.456 e. The lowest BCUT2D eigenvalue weighted by atomic mass is 10.1. The zero-order chi connectivity index (χ0) is 12.9. The summed E-state index contributed by atoms with van der Waals surface area (Å²) in [6.07, 6.45) is -0.645. The second-order valence-electron chi connectivity index (χ2n) is 3.54. The lowest BCUT2D eigenvalue weighted by molar-refractivity contribution is -0.144. The highest BCUT2D eigenvalue weighted by atomic mass is 32.2. The summed E-state index contributed by atoms with van der Waals surface area (Å²) in [4.78, 5) is 11.2. The standard InChI is InChI=1S/C9H17NO5S/c1-4-7(10)8(5-16(12,13)14)15-9(11)6(2)3/h7-8H,2,4-5,10H2,1,3H3,(H,12,13,14). The third kappa shape index (κ3) is 5.84. The zero-order valence-corrected chi connectivity index (χ0v) is 10.2. The Labute approximate surface area is 95.2 Å². The average Bonchev–Trinajstić information content (AvgIpc) is 2.13. The molecule has 94 valence electrons. The predicted octanol–water partition coefficient (Wildman–Crippen LogP) is 0.0994. The highest BCUT2D eigenvalue weighted by Gasteiger charge is 2.26. The molecule has 0 bridgehead atoms. The van der Waals surface area contributed by atoms with Crippen LogP contribution in [0.4, 0.5) is 0 Å². The van der Waals surface area contributed by atoms with Gasteiger partial charge >= 0.3 is 5.97 Å². The third-order valence-electron chi connectivity index (χ3n) is 1.93. The maximum atomic E-state index is 11.2. The van der Waals surface area contributed by atoms with Gasteiger partial charge in [0.1, 0.15) is 11.9 Å². The molecule has 0 aliphatic rings. The summed E-state index contributed by atoms with van der Waals surface area (Å²) in [5, 5.41) is 0. The monoisotopic (exact) mass is 251 g/mol. The molecule has 2 unspecified atom stereocenters. The van der Waals surface area contributed by atoms with Crippen molar-refractivity contribution in [3.8, 4) is 0 Å². The van der Waals surface area contributed by atoms with E-state index >= 15 is 0 Å². The van der Waals surface area contributed by atoms with Crippen molar-refractivity contribution in [2.45, 2.75) is 32.4 Å². The zero-order valence-electron chi connectivity index (χ0n) is 9.34. The van der Waals surface area contributed by atoms with Gasteiger partial charge in [-0.3, -0.25) is 4.55 Å². The van der Waals surface area contributed by atoms with Crippen LogP contribution >= 0.6 is 0 Å². The summed E-state index contributed by atoms with van der Waals surface area (Å²) < 4.78 is 34.9. The fourth-order valence-electron chi connectivity index (χ4n) is 0.954. The van der Waals surface area contributed by atoms with Crippen molar-refractivity contribution in [2.24, 2.45) is 5.73 Å². The van der Waals surface area contributed by atoms with E-state index in [9.17, 15) is 13.2 Å². The summed E-state index contributed by atoms with van der Waals surface area (Å²) in [5.41, 5.74) is 5.73. The largest absolute Gasteiger partial charge is 0.456 e. The van der Waals surface area contributed by atoms with Gasteiger partial charge in [0.2, 0.25) is 0 Å². The maximum absolute atomic E-state index is 11.2. The Kier molecular flexibility index (Phi) is 5.63. The number of hydrogen-bond donors (Lipinski definition) is 2. The van der Waals surface area contributed by atoms with Gasteiger partial charge in [0.25, 0.3) is 10.1 Å². The van der Waals surface area contributed by atoms with Gasteiger partial charge in [-0.2, -0.15) is 8.42 Å². The first-order valence-corrected chi connectivity index (χ1v) is 6.35. The second-order valence-corrected chi connectivity index (χ2v) is 5.04. The summed E-state index contributed by atoms with van der Waals surface area (Å²) in [5.74, 6) is -1.43. The number of carbonyl (C=O) groups is 1. The Hall–Kier alpha value is -0.920. The first-order valence-electron chi connectivity index (χ1n) is 4.74. The molecule has 7 heteroatoms. The summed E-state index contributed by atoms with van der Waals surface area (Å²) in [6.45, 7) is 6.52. The van der Waals surface area contributed by atoms with E-state index in [1.165, 1.54) is 6.92 Å². The number of nitrogens with two attached hydrogens (primary N) is 1. The molecule has 2 atom stereocenters. The van der Waals surface area contributed by atoms with Crippen LogP contribution in [-0.2, 0) is 19.6 Å². The molecule has 16 heavy (non-hydrogen) atoms. The van der Waals surface area contributed by atoms with E-state index in [2.05, 4.69) is 6.58 Å². The molecule has 0 rings (SSSR count). The summed E-state index contributed by atoms with van der Waals surface area (Å²) >= 11 is 0. The first-order chi connectivity index (χ1) is 7.17. The van der Waals surface area contributed by atoms with E-state index in [1.807, 2.05) is 0 Å². The van der Waals surface area contributed by atoms with Gasteiger partial charge in [0.15, 0.2) is 0 Å². The molecule has 0 aromatic rings. The number of ether oxygens (including phenoxy) is 1. The Morgan fingerprint density at radius 2 is 2.06 bits per heavy atom. The maximum Gasteiger partial charge on any atom is 0.333 e. The van der Waals surface area contributed by atoms with Crippen LogP contribution in [0, 0.1) is 0 Å². The number of esters is 1. The van der Waals surface area contributed by atoms with Gasteiger partial charge in [-0.1, -0.05) is 13.5 Å². The molecule has 0 heterocycles. The van der Waals surface area contributed by atoms with Crippen molar-refractivity contribution >= 4 is 16.1 Å². The van der Waals surface area contributed by atoms with Crippen molar-refractivity contribution in [3.63, 3.8) is 0 Å². The lowest BCUT2D eigenvalue weighted by Crippen LogP contribution is -2.42. The lowest BCUT2D eigenvalue weighted by Gasteiger charge is -2.21. The van der Waals surface area contributed by atoms with Crippen LogP contribution in [0.3, 0.4) is 0 Å². The molecule has 3 N–H and O–H groups in total. The van der Waals surface area contributed by atoms with Gasteiger partial charge in [0, 0.05) is 11.6 Å². The molecule has 0 amide bonds. The second kappa shape index (κ2) is 5.97. The van der Waals surface area contributed by atoms with Crippen LogP contribution in [0.25, 0.3) is 0 Å². The van der Waals surface area contributed by atoms with Crippen molar-refractivity contribution in [1.29, 1.82) is 0 Å². The molecule has 0 aliphatic heterocycles. The van der Waals surface area contributed by atoms with Crippen LogP contribution in [0.1, 0.15) is 20.3 Å². The van der Waals surface area contributed by atoms with E-state index in [-0.39, 0.29) is 5.57 Å². The number of carbonyl (C=O) groups excluding carboxylic acids is 1. The van der Waals surface area contributed by atoms with Crippen molar-refractivity contribution in [3.05, 3.63) is 12.2 Å². The molecule has 0 spiro atoms. The highest BCUT2D eigenvalue weighted by Crippen LogP contribution is 2.07. The average molecular weight is 251 g/mol. The summed E-state index contributed by atoms with van der Waals surface area (Å²) in [7, 11) is -4.24.